The number of ether oxygens (including phenoxy) is 4. The Morgan fingerprint density at radius 2 is 0.786 bits per heavy atom. The molecule has 0 aliphatic carbocycles. The topological polar surface area (TPSA) is 54.5 Å². The molecule has 0 fully saturated rings. The molecule has 4 aromatic carbocycles. The molecular weight excluding hydrogens is 528 g/mol. The number of aromatic nitrogens is 4. The van der Waals surface area contributed by atoms with Crippen molar-refractivity contribution in [3.63, 3.8) is 0 Å². The van der Waals surface area contributed by atoms with Gasteiger partial charge in [0.2, 0.25) is 12.7 Å². The highest BCUT2D eigenvalue weighted by Crippen LogP contribution is 2.28. The maximum atomic E-state index is 6.25. The first-order valence-corrected chi connectivity index (χ1v) is 14.5. The Morgan fingerprint density at radius 3 is 1.21 bits per heavy atom. The number of hydrogen-bond donors (Lipinski definition) is 0. The van der Waals surface area contributed by atoms with Gasteiger partial charge in [0.15, 0.2) is 45.1 Å². The first-order valence-electron chi connectivity index (χ1n) is 14.5. The average Bonchev–Trinajstić information content (AvgIpc) is 3.56. The molecule has 0 saturated heterocycles. The smallest absolute Gasteiger partial charge is 0.244 e. The van der Waals surface area contributed by atoms with Gasteiger partial charge in [-0.05, 0) is 48.5 Å². The molecule has 42 heavy (non-hydrogen) atoms. The van der Waals surface area contributed by atoms with Gasteiger partial charge in [0.25, 0.3) is 0 Å². The molecular formula is C34H34N4O4+2. The van der Waals surface area contributed by atoms with Gasteiger partial charge in [-0.3, -0.25) is 0 Å². The highest BCUT2D eigenvalue weighted by molar-refractivity contribution is 5.72. The van der Waals surface area contributed by atoms with E-state index in [1.807, 2.05) is 48.5 Å². The summed E-state index contributed by atoms with van der Waals surface area (Å²) in [6, 6.07) is 32.6. The summed E-state index contributed by atoms with van der Waals surface area (Å²) in [5, 5.41) is 0. The standard InChI is InChI=1S/C34H34N4O4/c1-2-10-28-27(9-1)35-17-21-39-31-13-5-6-14-32(31)41-23-19-37-26-38(30-12-4-3-11-29(30)37)20-24-42-34-16-8-7-15-33(34)40-22-18-36(28)25-35/h1-16,25-26H,17-24H2/q+2. The summed E-state index contributed by atoms with van der Waals surface area (Å²) in [6.07, 6.45) is 4.28. The summed E-state index contributed by atoms with van der Waals surface area (Å²) in [5.41, 5.74) is 4.62. The van der Waals surface area contributed by atoms with Crippen LogP contribution in [-0.2, 0) is 26.2 Å². The molecule has 0 atom stereocenters. The van der Waals surface area contributed by atoms with Gasteiger partial charge in [0, 0.05) is 0 Å². The second-order valence-electron chi connectivity index (χ2n) is 10.3. The number of fused-ring (bicyclic) bond motifs is 12. The molecule has 3 heterocycles. The van der Waals surface area contributed by atoms with Gasteiger partial charge in [-0.1, -0.05) is 48.5 Å². The summed E-state index contributed by atoms with van der Waals surface area (Å²) in [7, 11) is 0. The van der Waals surface area contributed by atoms with E-state index in [0.29, 0.717) is 52.6 Å². The lowest BCUT2D eigenvalue weighted by atomic mass is 10.3. The van der Waals surface area contributed by atoms with Crippen molar-refractivity contribution in [3.05, 3.63) is 110 Å². The molecule has 0 N–H and O–H groups in total. The van der Waals surface area contributed by atoms with Crippen LogP contribution >= 0.6 is 0 Å². The Bertz CT molecular complexity index is 1570. The van der Waals surface area contributed by atoms with Crippen LogP contribution in [0.5, 0.6) is 23.0 Å². The second kappa shape index (κ2) is 11.9. The van der Waals surface area contributed by atoms with Gasteiger partial charge in [-0.25, -0.2) is 18.3 Å². The third kappa shape index (κ3) is 5.35. The number of imidazole rings is 2. The normalized spacial score (nSPS) is 14.7. The summed E-state index contributed by atoms with van der Waals surface area (Å²) in [6.45, 7) is 4.88. The van der Waals surface area contributed by atoms with Gasteiger partial charge in [-0.15, -0.1) is 0 Å². The Morgan fingerprint density at radius 1 is 0.429 bits per heavy atom. The average molecular weight is 563 g/mol. The van der Waals surface area contributed by atoms with E-state index in [2.05, 4.69) is 79.5 Å². The van der Waals surface area contributed by atoms with E-state index in [1.54, 1.807) is 0 Å². The molecule has 4 bridgehead atoms. The highest BCUT2D eigenvalue weighted by atomic mass is 16.5. The molecule has 6 aromatic rings. The quantitative estimate of drug-likeness (QED) is 0.250. The molecule has 0 amide bonds. The first kappa shape index (κ1) is 26.0. The van der Waals surface area contributed by atoms with Crippen molar-refractivity contribution in [2.45, 2.75) is 26.2 Å². The van der Waals surface area contributed by atoms with Crippen molar-refractivity contribution in [1.82, 2.24) is 9.13 Å². The number of nitrogens with zero attached hydrogens (tertiary/aromatic N) is 4. The lowest BCUT2D eigenvalue weighted by Crippen LogP contribution is -2.35. The Labute approximate surface area is 244 Å². The lowest BCUT2D eigenvalue weighted by Gasteiger charge is -2.12. The van der Waals surface area contributed by atoms with E-state index in [9.17, 15) is 0 Å². The van der Waals surface area contributed by atoms with Crippen molar-refractivity contribution in [3.8, 4) is 23.0 Å². The third-order valence-electron chi connectivity index (χ3n) is 7.62. The molecule has 1 aliphatic rings. The predicted molar refractivity (Wildman–Crippen MR) is 159 cm³/mol. The molecule has 8 heteroatoms. The van der Waals surface area contributed by atoms with Crippen LogP contribution in [0.2, 0.25) is 0 Å². The van der Waals surface area contributed by atoms with Gasteiger partial charge < -0.3 is 18.9 Å². The second-order valence-corrected chi connectivity index (χ2v) is 10.3. The van der Waals surface area contributed by atoms with Crippen LogP contribution in [0, 0.1) is 0 Å². The van der Waals surface area contributed by atoms with E-state index >= 15 is 0 Å². The minimum Gasteiger partial charge on any atom is -0.486 e. The van der Waals surface area contributed by atoms with E-state index in [0.717, 1.165) is 45.1 Å². The highest BCUT2D eigenvalue weighted by Gasteiger charge is 2.18. The summed E-state index contributed by atoms with van der Waals surface area (Å²) < 4.78 is 33.9. The molecule has 1 aliphatic heterocycles. The van der Waals surface area contributed by atoms with Crippen LogP contribution in [0.15, 0.2) is 110 Å². The Kier molecular flexibility index (Phi) is 7.33. The summed E-state index contributed by atoms with van der Waals surface area (Å²) >= 11 is 0. The maximum Gasteiger partial charge on any atom is 0.244 e. The molecule has 8 nitrogen and oxygen atoms in total. The number of para-hydroxylation sites is 8. The van der Waals surface area contributed by atoms with Crippen LogP contribution in [0.25, 0.3) is 22.1 Å². The van der Waals surface area contributed by atoms with Crippen LogP contribution < -0.4 is 28.1 Å². The SMILES string of the molecule is c1ccc2c(c1)OCCn1c[n+](c3ccccc31)CCOc1ccccc1OCCn1c[n+](c3ccccc31)CCO2. The molecule has 0 saturated carbocycles. The monoisotopic (exact) mass is 562 g/mol. The van der Waals surface area contributed by atoms with E-state index in [1.165, 1.54) is 0 Å². The van der Waals surface area contributed by atoms with Crippen LogP contribution in [0.4, 0.5) is 0 Å². The molecule has 0 spiro atoms. The summed E-state index contributed by atoms with van der Waals surface area (Å²) in [5.74, 6) is 3.00. The fourth-order valence-electron chi connectivity index (χ4n) is 5.59. The Hall–Kier alpha value is -4.98. The predicted octanol–water partition coefficient (Wildman–Crippen LogP) is 4.80. The summed E-state index contributed by atoms with van der Waals surface area (Å²) in [4.78, 5) is 0. The van der Waals surface area contributed by atoms with Gasteiger partial charge >= 0.3 is 0 Å². The third-order valence-corrected chi connectivity index (χ3v) is 7.62. The number of benzene rings is 4. The van der Waals surface area contributed by atoms with E-state index in [-0.39, 0.29) is 0 Å². The fourth-order valence-corrected chi connectivity index (χ4v) is 5.59. The fraction of sp³-hybridized carbons (Fsp3) is 0.235. The first-order chi connectivity index (χ1) is 20.8. The molecule has 2 aromatic heterocycles. The maximum absolute atomic E-state index is 6.25. The molecule has 0 radical (unpaired) electrons. The zero-order valence-corrected chi connectivity index (χ0v) is 23.5. The van der Waals surface area contributed by atoms with Crippen molar-refractivity contribution in [2.75, 3.05) is 26.4 Å². The number of hydrogen-bond acceptors (Lipinski definition) is 4. The largest absolute Gasteiger partial charge is 0.486 e. The van der Waals surface area contributed by atoms with Crippen LogP contribution in [-0.4, -0.2) is 35.6 Å². The van der Waals surface area contributed by atoms with Crippen LogP contribution in [0.1, 0.15) is 0 Å². The van der Waals surface area contributed by atoms with Crippen molar-refractivity contribution in [2.24, 2.45) is 0 Å². The van der Waals surface area contributed by atoms with Gasteiger partial charge in [-0.2, -0.15) is 0 Å². The lowest BCUT2D eigenvalue weighted by molar-refractivity contribution is -0.673. The molecule has 7 rings (SSSR count). The molecule has 0 unspecified atom stereocenters. The Balaban J connectivity index is 1.18. The van der Waals surface area contributed by atoms with Crippen LogP contribution in [0.3, 0.4) is 0 Å². The van der Waals surface area contributed by atoms with E-state index in [4.69, 9.17) is 18.9 Å². The van der Waals surface area contributed by atoms with Gasteiger partial charge in [0.05, 0.1) is 0 Å². The minimum atomic E-state index is 0.516. The van der Waals surface area contributed by atoms with Crippen molar-refractivity contribution in [1.29, 1.82) is 0 Å². The van der Waals surface area contributed by atoms with Crippen molar-refractivity contribution < 1.29 is 28.1 Å². The number of rotatable bonds is 0. The zero-order chi connectivity index (χ0) is 28.1. The zero-order valence-electron chi connectivity index (χ0n) is 23.5. The molecule has 212 valence electrons. The van der Waals surface area contributed by atoms with Gasteiger partial charge in [0.1, 0.15) is 52.6 Å². The minimum absolute atomic E-state index is 0.516. The van der Waals surface area contributed by atoms with E-state index < -0.39 is 0 Å². The van der Waals surface area contributed by atoms with Crippen molar-refractivity contribution >= 4 is 22.1 Å².